The summed E-state index contributed by atoms with van der Waals surface area (Å²) in [5.74, 6) is 1.68. The topological polar surface area (TPSA) is 52.8 Å². The molecule has 0 bridgehead atoms. The fourth-order valence-electron chi connectivity index (χ4n) is 1.32. The van der Waals surface area contributed by atoms with Gasteiger partial charge in [-0.3, -0.25) is 0 Å². The number of hydrogen-bond donors (Lipinski definition) is 0. The van der Waals surface area contributed by atoms with E-state index in [2.05, 4.69) is 23.0 Å². The first-order chi connectivity index (χ1) is 7.17. The van der Waals surface area contributed by atoms with Crippen molar-refractivity contribution in [1.82, 2.24) is 9.97 Å². The lowest BCUT2D eigenvalue weighted by Crippen LogP contribution is -2.20. The van der Waals surface area contributed by atoms with Crippen molar-refractivity contribution in [3.05, 3.63) is 17.6 Å². The highest BCUT2D eigenvalue weighted by Gasteiger charge is 2.05. The van der Waals surface area contributed by atoms with Crippen molar-refractivity contribution in [2.75, 3.05) is 18.5 Å². The summed E-state index contributed by atoms with van der Waals surface area (Å²) >= 11 is 0. The highest BCUT2D eigenvalue weighted by molar-refractivity contribution is 5.38. The van der Waals surface area contributed by atoms with Gasteiger partial charge in [-0.05, 0) is 13.3 Å². The molecule has 0 aromatic carbocycles. The van der Waals surface area contributed by atoms with Gasteiger partial charge in [0, 0.05) is 25.4 Å². The molecule has 1 aromatic heterocycles. The van der Waals surface area contributed by atoms with Crippen LogP contribution in [-0.4, -0.2) is 23.6 Å². The minimum Gasteiger partial charge on any atom is -0.359 e. The van der Waals surface area contributed by atoms with Gasteiger partial charge in [-0.2, -0.15) is 5.26 Å². The van der Waals surface area contributed by atoms with Crippen molar-refractivity contribution in [2.24, 2.45) is 0 Å². The van der Waals surface area contributed by atoms with Crippen LogP contribution in [0.3, 0.4) is 0 Å². The monoisotopic (exact) mass is 204 g/mol. The normalized spacial score (nSPS) is 9.73. The van der Waals surface area contributed by atoms with Crippen LogP contribution in [0, 0.1) is 18.3 Å². The zero-order valence-corrected chi connectivity index (χ0v) is 9.49. The molecule has 80 valence electrons. The first kappa shape index (κ1) is 11.4. The molecular formula is C11H16N4. The Balaban J connectivity index is 2.84. The highest BCUT2D eigenvalue weighted by Crippen LogP contribution is 2.11. The Morgan fingerprint density at radius 3 is 2.80 bits per heavy atom. The summed E-state index contributed by atoms with van der Waals surface area (Å²) in [6, 6.07) is 4.10. The summed E-state index contributed by atoms with van der Waals surface area (Å²) in [6.07, 6.45) is 1.42. The molecule has 0 aliphatic rings. The molecule has 4 heteroatoms. The van der Waals surface area contributed by atoms with E-state index >= 15 is 0 Å². The van der Waals surface area contributed by atoms with Crippen molar-refractivity contribution < 1.29 is 0 Å². The first-order valence-electron chi connectivity index (χ1n) is 5.10. The molecule has 4 nitrogen and oxygen atoms in total. The van der Waals surface area contributed by atoms with Gasteiger partial charge >= 0.3 is 0 Å². The van der Waals surface area contributed by atoms with Crippen molar-refractivity contribution in [3.63, 3.8) is 0 Å². The predicted molar refractivity (Wildman–Crippen MR) is 59.6 cm³/mol. The molecular weight excluding hydrogens is 188 g/mol. The molecule has 0 atom stereocenters. The number of nitriles is 1. The summed E-state index contributed by atoms with van der Waals surface area (Å²) in [5.41, 5.74) is 1.04. The number of anilines is 1. The lowest BCUT2D eigenvalue weighted by molar-refractivity contribution is 0.855. The second-order valence-corrected chi connectivity index (χ2v) is 3.45. The van der Waals surface area contributed by atoms with E-state index in [9.17, 15) is 0 Å². The molecule has 1 rings (SSSR count). The second kappa shape index (κ2) is 5.30. The van der Waals surface area contributed by atoms with Gasteiger partial charge in [0.25, 0.3) is 0 Å². The number of nitrogens with zero attached hydrogens (tertiary/aromatic N) is 4. The lowest BCUT2D eigenvalue weighted by atomic mass is 10.3. The molecule has 0 fully saturated rings. The molecule has 0 unspecified atom stereocenters. The van der Waals surface area contributed by atoms with Crippen LogP contribution in [0.1, 0.15) is 24.9 Å². The number of aromatic nitrogens is 2. The van der Waals surface area contributed by atoms with E-state index in [1.54, 1.807) is 0 Å². The van der Waals surface area contributed by atoms with Crippen LogP contribution in [0.25, 0.3) is 0 Å². The van der Waals surface area contributed by atoms with Gasteiger partial charge in [0.1, 0.15) is 11.6 Å². The molecule has 15 heavy (non-hydrogen) atoms. The predicted octanol–water partition coefficient (Wildman–Crippen LogP) is 1.70. The lowest BCUT2D eigenvalue weighted by Gasteiger charge is -2.17. The van der Waals surface area contributed by atoms with Crippen LogP contribution >= 0.6 is 0 Å². The average Bonchev–Trinajstić information content (AvgIpc) is 2.24. The van der Waals surface area contributed by atoms with Gasteiger partial charge in [-0.15, -0.1) is 0 Å². The maximum Gasteiger partial charge on any atom is 0.132 e. The van der Waals surface area contributed by atoms with Crippen LogP contribution in [0.5, 0.6) is 0 Å². The van der Waals surface area contributed by atoms with Crippen LogP contribution in [-0.2, 0) is 6.42 Å². The molecule has 0 saturated carbocycles. The van der Waals surface area contributed by atoms with Gasteiger partial charge in [-0.25, -0.2) is 9.97 Å². The standard InChI is InChI=1S/C11H16N4/c1-4-10-8-11(14-9(2)13-10)15(3)7-5-6-12/h8H,4-5,7H2,1-3H3. The third-order valence-corrected chi connectivity index (χ3v) is 2.19. The molecule has 0 saturated heterocycles. The van der Waals surface area contributed by atoms with Gasteiger partial charge in [0.15, 0.2) is 0 Å². The molecule has 0 aliphatic heterocycles. The molecule has 0 amide bonds. The Hall–Kier alpha value is -1.63. The van der Waals surface area contributed by atoms with E-state index in [1.165, 1.54) is 0 Å². The van der Waals surface area contributed by atoms with Crippen molar-refractivity contribution in [1.29, 1.82) is 5.26 Å². The molecule has 1 aromatic rings. The highest BCUT2D eigenvalue weighted by atomic mass is 15.2. The SMILES string of the molecule is CCc1cc(N(C)CCC#N)nc(C)n1. The largest absolute Gasteiger partial charge is 0.359 e. The zero-order chi connectivity index (χ0) is 11.3. The Kier molecular flexibility index (Phi) is 4.04. The van der Waals surface area contributed by atoms with Crippen molar-refractivity contribution >= 4 is 5.82 Å². The van der Waals surface area contributed by atoms with E-state index in [1.807, 2.05) is 24.9 Å². The minimum absolute atomic E-state index is 0.515. The van der Waals surface area contributed by atoms with Crippen LogP contribution in [0.15, 0.2) is 6.07 Å². The number of hydrogen-bond acceptors (Lipinski definition) is 4. The quantitative estimate of drug-likeness (QED) is 0.749. The molecule has 0 spiro atoms. The summed E-state index contributed by atoms with van der Waals surface area (Å²) in [7, 11) is 1.94. The number of rotatable bonds is 4. The maximum atomic E-state index is 8.51. The fraction of sp³-hybridized carbons (Fsp3) is 0.545. The average molecular weight is 204 g/mol. The van der Waals surface area contributed by atoms with E-state index in [-0.39, 0.29) is 0 Å². The van der Waals surface area contributed by atoms with E-state index in [0.29, 0.717) is 13.0 Å². The maximum absolute atomic E-state index is 8.51. The van der Waals surface area contributed by atoms with Crippen molar-refractivity contribution in [3.8, 4) is 6.07 Å². The second-order valence-electron chi connectivity index (χ2n) is 3.45. The van der Waals surface area contributed by atoms with Crippen LogP contribution in [0.4, 0.5) is 5.82 Å². The first-order valence-corrected chi connectivity index (χ1v) is 5.10. The molecule has 1 heterocycles. The van der Waals surface area contributed by atoms with Gasteiger partial charge in [0.2, 0.25) is 0 Å². The van der Waals surface area contributed by atoms with Crippen LogP contribution in [0.2, 0.25) is 0 Å². The Labute approximate surface area is 90.6 Å². The summed E-state index contributed by atoms with van der Waals surface area (Å²) in [4.78, 5) is 10.6. The molecule has 0 N–H and O–H groups in total. The Morgan fingerprint density at radius 2 is 2.20 bits per heavy atom. The third-order valence-electron chi connectivity index (χ3n) is 2.19. The van der Waals surface area contributed by atoms with E-state index < -0.39 is 0 Å². The molecule has 0 aliphatic carbocycles. The fourth-order valence-corrected chi connectivity index (χ4v) is 1.32. The van der Waals surface area contributed by atoms with Crippen molar-refractivity contribution in [2.45, 2.75) is 26.7 Å². The number of aryl methyl sites for hydroxylation is 2. The van der Waals surface area contributed by atoms with Gasteiger partial charge in [0.05, 0.1) is 12.5 Å². The van der Waals surface area contributed by atoms with E-state index in [0.717, 1.165) is 23.8 Å². The Bertz CT molecular complexity index is 367. The van der Waals surface area contributed by atoms with Gasteiger partial charge < -0.3 is 4.90 Å². The summed E-state index contributed by atoms with van der Waals surface area (Å²) in [5, 5.41) is 8.51. The van der Waals surface area contributed by atoms with Crippen LogP contribution < -0.4 is 4.90 Å². The molecule has 0 radical (unpaired) electrons. The van der Waals surface area contributed by atoms with Gasteiger partial charge in [-0.1, -0.05) is 6.92 Å². The summed E-state index contributed by atoms with van der Waals surface area (Å²) < 4.78 is 0. The smallest absolute Gasteiger partial charge is 0.132 e. The minimum atomic E-state index is 0.515. The zero-order valence-electron chi connectivity index (χ0n) is 9.49. The third kappa shape index (κ3) is 3.21. The Morgan fingerprint density at radius 1 is 1.47 bits per heavy atom. The van der Waals surface area contributed by atoms with E-state index in [4.69, 9.17) is 5.26 Å². The summed E-state index contributed by atoms with van der Waals surface area (Å²) in [6.45, 7) is 4.66.